The molecule has 0 aliphatic carbocycles. The van der Waals surface area contributed by atoms with Crippen molar-refractivity contribution in [1.82, 2.24) is 5.32 Å². The highest BCUT2D eigenvalue weighted by Gasteiger charge is 2.39. The van der Waals surface area contributed by atoms with Gasteiger partial charge in [-0.3, -0.25) is 4.79 Å². The number of nitrogens with two attached hydrogens (primary N) is 1. The van der Waals surface area contributed by atoms with Gasteiger partial charge in [-0.05, 0) is 33.4 Å². The van der Waals surface area contributed by atoms with Crippen molar-refractivity contribution in [2.75, 3.05) is 18.1 Å². The Kier molecular flexibility index (Phi) is 11.1. The number of hydrogen-bond acceptors (Lipinski definition) is 4. The fourth-order valence-electron chi connectivity index (χ4n) is 6.34. The van der Waals surface area contributed by atoms with Gasteiger partial charge in [0.15, 0.2) is 0 Å². The predicted octanol–water partition coefficient (Wildman–Crippen LogP) is 8.88. The highest BCUT2D eigenvalue weighted by atomic mass is 32.2. The molecule has 0 radical (unpaired) electrons. The van der Waals surface area contributed by atoms with Crippen LogP contribution in [0.5, 0.6) is 0 Å². The molecule has 3 N–H and O–H groups in total. The molecule has 5 heteroatoms. The number of carbonyl (C=O) groups is 1. The molecule has 0 bridgehead atoms. The molecule has 6 rings (SSSR count). The molecule has 0 aliphatic rings. The summed E-state index contributed by atoms with van der Waals surface area (Å²) in [5, 5.41) is 3.17. The Morgan fingerprint density at radius 2 is 0.750 bits per heavy atom. The first-order chi connectivity index (χ1) is 23.6. The summed E-state index contributed by atoms with van der Waals surface area (Å²) in [6.45, 7) is 0.497. The molecule has 0 saturated heterocycles. The molecular weight excluding hydrogens is 625 g/mol. The Labute approximate surface area is 293 Å². The minimum atomic E-state index is -0.683. The number of thioether (sulfide) groups is 2. The van der Waals surface area contributed by atoms with E-state index in [9.17, 15) is 4.79 Å². The van der Waals surface area contributed by atoms with Crippen LogP contribution in [0.3, 0.4) is 0 Å². The number of benzene rings is 6. The summed E-state index contributed by atoms with van der Waals surface area (Å²) in [6, 6.07) is 62.7. The highest BCUT2D eigenvalue weighted by molar-refractivity contribution is 8.01. The molecule has 0 unspecified atom stereocenters. The Hall–Kier alpha value is -4.55. The normalized spacial score (nSPS) is 12.3. The minimum Gasteiger partial charge on any atom is -0.354 e. The predicted molar refractivity (Wildman–Crippen MR) is 204 cm³/mol. The lowest BCUT2D eigenvalue weighted by atomic mass is 9.84. The monoisotopic (exact) mass is 664 g/mol. The summed E-state index contributed by atoms with van der Waals surface area (Å²) in [5.74, 6) is 1.00. The zero-order chi connectivity index (χ0) is 33.1. The molecule has 6 aromatic carbocycles. The molecule has 1 amide bonds. The Morgan fingerprint density at radius 3 is 1.04 bits per heavy atom. The number of rotatable bonds is 14. The van der Waals surface area contributed by atoms with E-state index in [1.165, 1.54) is 16.7 Å². The van der Waals surface area contributed by atoms with Gasteiger partial charge in [0.05, 0.1) is 15.5 Å². The molecule has 3 nitrogen and oxygen atoms in total. The first-order valence-corrected chi connectivity index (χ1v) is 18.3. The van der Waals surface area contributed by atoms with Crippen LogP contribution in [-0.2, 0) is 14.3 Å². The maximum atomic E-state index is 13.5. The van der Waals surface area contributed by atoms with E-state index >= 15 is 0 Å². The van der Waals surface area contributed by atoms with Crippen LogP contribution < -0.4 is 11.1 Å². The third kappa shape index (κ3) is 7.14. The zero-order valence-corrected chi connectivity index (χ0v) is 28.5. The van der Waals surface area contributed by atoms with Crippen molar-refractivity contribution in [2.24, 2.45) is 5.73 Å². The van der Waals surface area contributed by atoms with Gasteiger partial charge < -0.3 is 11.1 Å². The molecule has 0 spiro atoms. The van der Waals surface area contributed by atoms with Gasteiger partial charge in [0.1, 0.15) is 0 Å². The number of hydrogen-bond donors (Lipinski definition) is 2. The molecule has 6 aromatic rings. The van der Waals surface area contributed by atoms with Crippen LogP contribution in [0.15, 0.2) is 182 Å². The van der Waals surface area contributed by atoms with E-state index in [1.54, 1.807) is 11.8 Å². The van der Waals surface area contributed by atoms with Crippen LogP contribution in [0.4, 0.5) is 0 Å². The molecule has 0 saturated carbocycles. The van der Waals surface area contributed by atoms with Crippen molar-refractivity contribution < 1.29 is 4.79 Å². The van der Waals surface area contributed by atoms with Gasteiger partial charge in [0.2, 0.25) is 5.91 Å². The third-order valence-corrected chi connectivity index (χ3v) is 11.8. The summed E-state index contributed by atoms with van der Waals surface area (Å²) in [7, 11) is 0. The van der Waals surface area contributed by atoms with Gasteiger partial charge in [-0.1, -0.05) is 182 Å². The molecule has 0 aliphatic heterocycles. The summed E-state index contributed by atoms with van der Waals surface area (Å²) in [6.07, 6.45) is 0. The van der Waals surface area contributed by atoms with Crippen molar-refractivity contribution >= 4 is 29.4 Å². The number of amides is 1. The van der Waals surface area contributed by atoms with Crippen LogP contribution in [0, 0.1) is 0 Å². The van der Waals surface area contributed by atoms with E-state index in [2.05, 4.69) is 169 Å². The second-order valence-electron chi connectivity index (χ2n) is 11.6. The summed E-state index contributed by atoms with van der Waals surface area (Å²) in [5.41, 5.74) is 13.7. The second-order valence-corrected chi connectivity index (χ2v) is 14.2. The summed E-state index contributed by atoms with van der Waals surface area (Å²) < 4.78 is -0.967. The third-order valence-electron chi connectivity index (χ3n) is 8.62. The number of nitrogens with one attached hydrogen (secondary N) is 1. The van der Waals surface area contributed by atoms with E-state index in [-0.39, 0.29) is 5.91 Å². The van der Waals surface area contributed by atoms with E-state index in [1.807, 2.05) is 30.0 Å². The van der Waals surface area contributed by atoms with Crippen LogP contribution in [0.1, 0.15) is 33.4 Å². The second kappa shape index (κ2) is 16.0. The van der Waals surface area contributed by atoms with Crippen molar-refractivity contribution in [3.8, 4) is 0 Å². The lowest BCUT2D eigenvalue weighted by Crippen LogP contribution is -2.44. The number of carbonyl (C=O) groups excluding carboxylic acids is 1. The van der Waals surface area contributed by atoms with Gasteiger partial charge in [0.25, 0.3) is 0 Å². The fraction of sp³-hybridized carbons (Fsp3) is 0.140. The van der Waals surface area contributed by atoms with Crippen LogP contribution >= 0.6 is 23.5 Å². The fourth-order valence-corrected chi connectivity index (χ4v) is 9.24. The quantitative estimate of drug-likeness (QED) is 0.0903. The van der Waals surface area contributed by atoms with E-state index < -0.39 is 15.5 Å². The molecule has 240 valence electrons. The van der Waals surface area contributed by atoms with Crippen LogP contribution in [0.25, 0.3) is 0 Å². The smallest absolute Gasteiger partial charge is 0.237 e. The zero-order valence-electron chi connectivity index (χ0n) is 26.8. The first-order valence-electron chi connectivity index (χ1n) is 16.3. The maximum Gasteiger partial charge on any atom is 0.237 e. The van der Waals surface area contributed by atoms with Gasteiger partial charge in [-0.15, -0.1) is 23.5 Å². The standard InChI is InChI=1S/C43H40N2OS2/c44-40(33-48-43(37-25-13-4-14-26-37,38-27-15-5-16-28-38)39-29-17-6-18-30-39)41(46)45-31-32-47-42(34-19-7-1-8-20-34,35-21-9-2-10-22-35)36-23-11-3-12-24-36/h1-30,40H,31-33,44H2,(H,45,46)/t40-/m0/s1. The summed E-state index contributed by atoms with van der Waals surface area (Å²) >= 11 is 3.54. The van der Waals surface area contributed by atoms with Crippen molar-refractivity contribution in [1.29, 1.82) is 0 Å². The maximum absolute atomic E-state index is 13.5. The van der Waals surface area contributed by atoms with Gasteiger partial charge in [-0.25, -0.2) is 0 Å². The highest BCUT2D eigenvalue weighted by Crippen LogP contribution is 2.49. The first kappa shape index (κ1) is 33.4. The van der Waals surface area contributed by atoms with Crippen molar-refractivity contribution in [3.63, 3.8) is 0 Å². The summed E-state index contributed by atoms with van der Waals surface area (Å²) in [4.78, 5) is 13.5. The lowest BCUT2D eigenvalue weighted by molar-refractivity contribution is -0.121. The molecule has 0 heterocycles. The topological polar surface area (TPSA) is 55.1 Å². The van der Waals surface area contributed by atoms with Gasteiger partial charge in [0, 0.05) is 18.1 Å². The van der Waals surface area contributed by atoms with Gasteiger partial charge >= 0.3 is 0 Å². The largest absolute Gasteiger partial charge is 0.354 e. The molecule has 0 aromatic heterocycles. The van der Waals surface area contributed by atoms with E-state index in [4.69, 9.17) is 5.73 Å². The van der Waals surface area contributed by atoms with Crippen LogP contribution in [0.2, 0.25) is 0 Å². The van der Waals surface area contributed by atoms with Gasteiger partial charge in [-0.2, -0.15) is 0 Å². The average molecular weight is 665 g/mol. The minimum absolute atomic E-state index is 0.143. The molecule has 1 atom stereocenters. The Balaban J connectivity index is 1.20. The molecule has 48 heavy (non-hydrogen) atoms. The van der Waals surface area contributed by atoms with E-state index in [0.29, 0.717) is 18.1 Å². The Morgan fingerprint density at radius 1 is 0.479 bits per heavy atom. The van der Waals surface area contributed by atoms with Crippen molar-refractivity contribution in [2.45, 2.75) is 15.5 Å². The van der Waals surface area contributed by atoms with Crippen LogP contribution in [-0.4, -0.2) is 30.0 Å². The lowest BCUT2D eigenvalue weighted by Gasteiger charge is -2.36. The molecule has 0 fully saturated rings. The van der Waals surface area contributed by atoms with E-state index in [0.717, 1.165) is 16.7 Å². The molecular formula is C43H40N2OS2. The van der Waals surface area contributed by atoms with Crippen molar-refractivity contribution in [3.05, 3.63) is 215 Å². The SMILES string of the molecule is N[C@@H](CSC(c1ccccc1)(c1ccccc1)c1ccccc1)C(=O)NCCSC(c1ccccc1)(c1ccccc1)c1ccccc1. The Bertz CT molecular complexity index is 1650. The average Bonchev–Trinajstić information content (AvgIpc) is 3.17.